The number of nitrogens with zero attached hydrogens (tertiary/aromatic N) is 5. The van der Waals surface area contributed by atoms with Crippen LogP contribution in [0.2, 0.25) is 0 Å². The van der Waals surface area contributed by atoms with Crippen LogP contribution < -0.4 is 5.56 Å². The molecule has 1 fully saturated rings. The number of hydrogen-bond donors (Lipinski definition) is 0. The van der Waals surface area contributed by atoms with Gasteiger partial charge >= 0.3 is 0 Å². The van der Waals surface area contributed by atoms with Crippen LogP contribution in [0.5, 0.6) is 0 Å². The highest BCUT2D eigenvalue weighted by Crippen LogP contribution is 2.26. The molecule has 0 radical (unpaired) electrons. The topological polar surface area (TPSA) is 87.9 Å². The number of halogens is 1. The molecule has 1 aliphatic rings. The molecule has 8 nitrogen and oxygen atoms in total. The molecule has 0 unspecified atom stereocenters. The van der Waals surface area contributed by atoms with E-state index < -0.39 is 15.8 Å². The Bertz CT molecular complexity index is 1510. The number of piperazine rings is 1. The largest absolute Gasteiger partial charge is 0.295 e. The van der Waals surface area contributed by atoms with E-state index in [0.717, 1.165) is 16.9 Å². The summed E-state index contributed by atoms with van der Waals surface area (Å²) in [6, 6.07) is 14.5. The molecule has 2 aromatic heterocycles. The molecule has 0 N–H and O–H groups in total. The van der Waals surface area contributed by atoms with Crippen LogP contribution in [-0.4, -0.2) is 58.4 Å². The highest BCUT2D eigenvalue weighted by molar-refractivity contribution is 7.89. The van der Waals surface area contributed by atoms with Crippen molar-refractivity contribution >= 4 is 26.3 Å². The van der Waals surface area contributed by atoms with E-state index in [9.17, 15) is 17.6 Å². The minimum Gasteiger partial charge on any atom is -0.295 e. The molecule has 3 heterocycles. The molecule has 1 aliphatic heterocycles. The first kappa shape index (κ1) is 22.8. The van der Waals surface area contributed by atoms with Crippen LogP contribution in [0.15, 0.2) is 64.3 Å². The van der Waals surface area contributed by atoms with Gasteiger partial charge in [0.05, 0.1) is 10.6 Å². The second kappa shape index (κ2) is 8.99. The quantitative estimate of drug-likeness (QED) is 0.420. The van der Waals surface area contributed by atoms with E-state index in [-0.39, 0.29) is 5.56 Å². The van der Waals surface area contributed by atoms with Crippen molar-refractivity contribution in [3.63, 3.8) is 0 Å². The first-order valence-corrected chi connectivity index (χ1v) is 13.0. The first-order chi connectivity index (χ1) is 16.3. The SMILES string of the molecule is Cc1ccc(S(=O)(=O)N2CCN(Cc3cc(=O)n4nc(-c5ccccc5F)sc4n3)CC2)cc1. The number of hydrogen-bond acceptors (Lipinski definition) is 7. The van der Waals surface area contributed by atoms with Crippen LogP contribution in [0.1, 0.15) is 11.3 Å². The first-order valence-electron chi connectivity index (χ1n) is 10.8. The molecular weight excluding hydrogens is 477 g/mol. The molecule has 176 valence electrons. The predicted octanol–water partition coefficient (Wildman–Crippen LogP) is 2.77. The van der Waals surface area contributed by atoms with Crippen LogP contribution in [0.25, 0.3) is 15.5 Å². The maximum Gasteiger partial charge on any atom is 0.275 e. The minimum atomic E-state index is -3.54. The minimum absolute atomic E-state index is 0.294. The number of rotatable bonds is 5. The summed E-state index contributed by atoms with van der Waals surface area (Å²) >= 11 is 1.15. The van der Waals surface area contributed by atoms with Gasteiger partial charge in [-0.25, -0.2) is 17.8 Å². The van der Waals surface area contributed by atoms with Crippen LogP contribution in [-0.2, 0) is 16.6 Å². The normalized spacial score (nSPS) is 15.7. The van der Waals surface area contributed by atoms with E-state index in [4.69, 9.17) is 0 Å². The maximum atomic E-state index is 14.1. The van der Waals surface area contributed by atoms with Crippen LogP contribution >= 0.6 is 11.3 Å². The zero-order chi connectivity index (χ0) is 23.9. The van der Waals surface area contributed by atoms with Gasteiger partial charge in [-0.15, -0.1) is 0 Å². The fourth-order valence-electron chi connectivity index (χ4n) is 3.90. The lowest BCUT2D eigenvalue weighted by atomic mass is 10.2. The lowest BCUT2D eigenvalue weighted by Gasteiger charge is -2.33. The number of aryl methyl sites for hydroxylation is 1. The molecule has 2 aromatic carbocycles. The molecule has 0 aliphatic carbocycles. The van der Waals surface area contributed by atoms with E-state index >= 15 is 0 Å². The van der Waals surface area contributed by atoms with Crippen molar-refractivity contribution in [1.82, 2.24) is 23.8 Å². The summed E-state index contributed by atoms with van der Waals surface area (Å²) in [6.07, 6.45) is 0. The summed E-state index contributed by atoms with van der Waals surface area (Å²) in [5, 5.41) is 4.62. The third kappa shape index (κ3) is 4.39. The zero-order valence-corrected chi connectivity index (χ0v) is 20.0. The van der Waals surface area contributed by atoms with Crippen LogP contribution in [0.3, 0.4) is 0 Å². The lowest BCUT2D eigenvalue weighted by molar-refractivity contribution is 0.180. The lowest BCUT2D eigenvalue weighted by Crippen LogP contribution is -2.48. The van der Waals surface area contributed by atoms with Crippen molar-refractivity contribution < 1.29 is 12.8 Å². The molecule has 0 atom stereocenters. The molecule has 0 bridgehead atoms. The van der Waals surface area contributed by atoms with E-state index in [1.807, 2.05) is 6.92 Å². The summed E-state index contributed by atoms with van der Waals surface area (Å²) < 4.78 is 42.6. The van der Waals surface area contributed by atoms with Crippen molar-refractivity contribution in [2.45, 2.75) is 18.4 Å². The summed E-state index contributed by atoms with van der Waals surface area (Å²) in [5.41, 5.74) is 1.57. The molecule has 5 rings (SSSR count). The van der Waals surface area contributed by atoms with Gasteiger partial charge in [-0.05, 0) is 31.2 Å². The number of fused-ring (bicyclic) bond motifs is 1. The average molecular weight is 500 g/mol. The second-order valence-electron chi connectivity index (χ2n) is 8.16. The van der Waals surface area contributed by atoms with E-state index in [0.29, 0.717) is 58.8 Å². The Hall–Kier alpha value is -2.99. The third-order valence-electron chi connectivity index (χ3n) is 5.78. The van der Waals surface area contributed by atoms with Gasteiger partial charge in [0.1, 0.15) is 5.82 Å². The Labute approximate surface area is 200 Å². The van der Waals surface area contributed by atoms with Crippen molar-refractivity contribution in [3.8, 4) is 10.6 Å². The molecule has 0 amide bonds. The molecule has 34 heavy (non-hydrogen) atoms. The molecular formula is C23H22FN5O3S2. The number of benzene rings is 2. The summed E-state index contributed by atoms with van der Waals surface area (Å²) in [4.78, 5) is 19.9. The Morgan fingerprint density at radius 3 is 2.44 bits per heavy atom. The van der Waals surface area contributed by atoms with E-state index in [1.54, 1.807) is 42.5 Å². The Kier molecular flexibility index (Phi) is 6.02. The van der Waals surface area contributed by atoms with Gasteiger partial charge in [-0.1, -0.05) is 41.2 Å². The van der Waals surface area contributed by atoms with Crippen LogP contribution in [0, 0.1) is 12.7 Å². The van der Waals surface area contributed by atoms with E-state index in [1.165, 1.54) is 21.0 Å². The van der Waals surface area contributed by atoms with Crippen molar-refractivity contribution in [2.24, 2.45) is 0 Å². The second-order valence-corrected chi connectivity index (χ2v) is 11.1. The van der Waals surface area contributed by atoms with Gasteiger partial charge in [-0.3, -0.25) is 9.69 Å². The fourth-order valence-corrected chi connectivity index (χ4v) is 6.27. The highest BCUT2D eigenvalue weighted by atomic mass is 32.2. The van der Waals surface area contributed by atoms with E-state index in [2.05, 4.69) is 15.0 Å². The smallest absolute Gasteiger partial charge is 0.275 e. The summed E-state index contributed by atoms with van der Waals surface area (Å²) in [7, 11) is -3.54. The Morgan fingerprint density at radius 1 is 1.03 bits per heavy atom. The molecule has 0 spiro atoms. The number of sulfonamides is 1. The fraction of sp³-hybridized carbons (Fsp3) is 0.261. The van der Waals surface area contributed by atoms with Crippen molar-refractivity contribution in [3.05, 3.63) is 82.0 Å². The predicted molar refractivity (Wildman–Crippen MR) is 128 cm³/mol. The van der Waals surface area contributed by atoms with Gasteiger partial charge in [0, 0.05) is 44.4 Å². The standard InChI is InChI=1S/C23H22FN5O3S2/c1-16-6-8-18(9-7-16)34(31,32)28-12-10-27(11-13-28)15-17-14-21(30)29-23(25-17)33-22(26-29)19-4-2-3-5-20(19)24/h2-9,14H,10-13,15H2,1H3. The summed E-state index contributed by atoms with van der Waals surface area (Å²) in [5.74, 6) is -0.409. The molecule has 4 aromatic rings. The van der Waals surface area contributed by atoms with Crippen molar-refractivity contribution in [1.29, 1.82) is 0 Å². The molecule has 11 heteroatoms. The average Bonchev–Trinajstić information content (AvgIpc) is 3.24. The zero-order valence-electron chi connectivity index (χ0n) is 18.4. The Morgan fingerprint density at radius 2 is 1.74 bits per heavy atom. The van der Waals surface area contributed by atoms with Gasteiger partial charge in [0.25, 0.3) is 5.56 Å². The molecule has 1 saturated heterocycles. The third-order valence-corrected chi connectivity index (χ3v) is 8.63. The van der Waals surface area contributed by atoms with Gasteiger partial charge in [0.2, 0.25) is 15.0 Å². The highest BCUT2D eigenvalue weighted by Gasteiger charge is 2.28. The van der Waals surface area contributed by atoms with Crippen LogP contribution in [0.4, 0.5) is 4.39 Å². The monoisotopic (exact) mass is 499 g/mol. The Balaban J connectivity index is 1.30. The van der Waals surface area contributed by atoms with Gasteiger partial charge < -0.3 is 0 Å². The van der Waals surface area contributed by atoms with Crippen molar-refractivity contribution in [2.75, 3.05) is 26.2 Å². The van der Waals surface area contributed by atoms with Gasteiger partial charge in [0.15, 0.2) is 5.01 Å². The molecule has 0 saturated carbocycles. The summed E-state index contributed by atoms with van der Waals surface area (Å²) in [6.45, 7) is 4.09. The number of aromatic nitrogens is 3. The van der Waals surface area contributed by atoms with Gasteiger partial charge in [-0.2, -0.15) is 13.9 Å². The maximum absolute atomic E-state index is 14.1.